The largest absolute Gasteiger partial charge is 0.308 e. The maximum absolute atomic E-state index is 5.71. The second kappa shape index (κ2) is 9.75. The van der Waals surface area contributed by atoms with Gasteiger partial charge in [-0.05, 0) is 58.6 Å². The summed E-state index contributed by atoms with van der Waals surface area (Å²) >= 11 is 0. The highest BCUT2D eigenvalue weighted by atomic mass is 15.2. The first kappa shape index (κ1) is 27.5. The lowest BCUT2D eigenvalue weighted by molar-refractivity contribution is 1.24. The Bertz CT molecular complexity index is 3580. The molecule has 0 aliphatic carbocycles. The first-order chi connectivity index (χ1) is 26.3. The Morgan fingerprint density at radius 1 is 0.377 bits per heavy atom. The summed E-state index contributed by atoms with van der Waals surface area (Å²) in [6, 6.07) is 59.0. The summed E-state index contributed by atoms with van der Waals surface area (Å²) in [5.41, 5.74) is 11.5. The number of hydrogen-bond acceptors (Lipinski definition) is 3. The van der Waals surface area contributed by atoms with E-state index in [1.807, 2.05) is 0 Å². The van der Waals surface area contributed by atoms with Crippen molar-refractivity contribution in [3.8, 4) is 0 Å². The van der Waals surface area contributed by atoms with Gasteiger partial charge in [0, 0.05) is 49.1 Å². The average Bonchev–Trinajstić information content (AvgIpc) is 3.94. The molecule has 244 valence electrons. The molecule has 13 rings (SSSR count). The van der Waals surface area contributed by atoms with Crippen molar-refractivity contribution in [2.24, 2.45) is 0 Å². The zero-order chi connectivity index (χ0) is 34.4. The smallest absolute Gasteiger partial charge is 0.165 e. The molecule has 8 aromatic carbocycles. The van der Waals surface area contributed by atoms with E-state index in [1.54, 1.807) is 0 Å². The van der Waals surface area contributed by atoms with Gasteiger partial charge in [0.1, 0.15) is 11.0 Å². The van der Waals surface area contributed by atoms with Crippen molar-refractivity contribution in [2.75, 3.05) is 4.90 Å². The van der Waals surface area contributed by atoms with Gasteiger partial charge in [-0.15, -0.1) is 0 Å². The second-order valence-electron chi connectivity index (χ2n) is 14.2. The van der Waals surface area contributed by atoms with Crippen molar-refractivity contribution >= 4 is 115 Å². The quantitative estimate of drug-likeness (QED) is 0.187. The summed E-state index contributed by atoms with van der Waals surface area (Å²) in [5, 5.41) is 12.0. The van der Waals surface area contributed by atoms with E-state index in [-0.39, 0.29) is 0 Å². The van der Waals surface area contributed by atoms with E-state index in [2.05, 4.69) is 177 Å². The number of hydrogen-bond donors (Lipinski definition) is 0. The van der Waals surface area contributed by atoms with Crippen LogP contribution < -0.4 is 4.90 Å². The molecule has 0 unspecified atom stereocenters. The van der Waals surface area contributed by atoms with Crippen LogP contribution in [0.15, 0.2) is 164 Å². The van der Waals surface area contributed by atoms with Crippen LogP contribution in [-0.4, -0.2) is 18.8 Å². The topological polar surface area (TPSA) is 37.8 Å². The van der Waals surface area contributed by atoms with E-state index in [4.69, 9.17) is 9.97 Å². The number of nitrogens with zero attached hydrogens (tertiary/aromatic N) is 5. The van der Waals surface area contributed by atoms with Crippen LogP contribution in [0.4, 0.5) is 17.1 Å². The average molecular weight is 674 g/mol. The molecular weight excluding hydrogens is 647 g/mol. The number of aromatic nitrogens is 4. The second-order valence-corrected chi connectivity index (χ2v) is 14.2. The molecule has 5 heterocycles. The predicted octanol–water partition coefficient (Wildman–Crippen LogP) is 12.6. The van der Waals surface area contributed by atoms with Crippen LogP contribution >= 0.6 is 0 Å². The van der Waals surface area contributed by atoms with Crippen LogP contribution in [0.2, 0.25) is 0 Å². The molecule has 0 aliphatic heterocycles. The Morgan fingerprint density at radius 2 is 0.925 bits per heavy atom. The third kappa shape index (κ3) is 3.37. The van der Waals surface area contributed by atoms with E-state index in [0.717, 1.165) is 66.7 Å². The van der Waals surface area contributed by atoms with Crippen molar-refractivity contribution < 1.29 is 0 Å². The van der Waals surface area contributed by atoms with Gasteiger partial charge in [0.15, 0.2) is 11.3 Å². The lowest BCUT2D eigenvalue weighted by Crippen LogP contribution is -2.11. The minimum Gasteiger partial charge on any atom is -0.308 e. The number of para-hydroxylation sites is 4. The minimum atomic E-state index is 0.874. The molecule has 5 aromatic heterocycles. The van der Waals surface area contributed by atoms with Gasteiger partial charge in [0.2, 0.25) is 0 Å². The highest BCUT2D eigenvalue weighted by Gasteiger charge is 2.28. The van der Waals surface area contributed by atoms with Gasteiger partial charge in [-0.3, -0.25) is 8.80 Å². The van der Waals surface area contributed by atoms with Crippen LogP contribution in [0.25, 0.3) is 98.3 Å². The maximum atomic E-state index is 5.71. The fourth-order valence-corrected chi connectivity index (χ4v) is 9.39. The fourth-order valence-electron chi connectivity index (χ4n) is 9.39. The molecule has 5 heteroatoms. The minimum absolute atomic E-state index is 0.874. The van der Waals surface area contributed by atoms with Gasteiger partial charge in [0.25, 0.3) is 0 Å². The predicted molar refractivity (Wildman–Crippen MR) is 221 cm³/mol. The zero-order valence-corrected chi connectivity index (χ0v) is 28.3. The lowest BCUT2D eigenvalue weighted by atomic mass is 10.0. The molecule has 0 N–H and O–H groups in total. The van der Waals surface area contributed by atoms with E-state index in [1.165, 1.54) is 48.6 Å². The Balaban J connectivity index is 1.27. The molecule has 0 spiro atoms. The number of anilines is 3. The lowest BCUT2D eigenvalue weighted by Gasteiger charge is -2.28. The first-order valence-corrected chi connectivity index (χ1v) is 18.1. The highest BCUT2D eigenvalue weighted by Crippen LogP contribution is 2.49. The third-order valence-corrected chi connectivity index (χ3v) is 11.5. The molecule has 0 fully saturated rings. The van der Waals surface area contributed by atoms with E-state index < -0.39 is 0 Å². The van der Waals surface area contributed by atoms with Crippen molar-refractivity contribution in [2.45, 2.75) is 0 Å². The third-order valence-electron chi connectivity index (χ3n) is 11.5. The summed E-state index contributed by atoms with van der Waals surface area (Å²) in [7, 11) is 0. The maximum Gasteiger partial charge on any atom is 0.165 e. The van der Waals surface area contributed by atoms with Gasteiger partial charge in [0.05, 0.1) is 27.8 Å². The highest BCUT2D eigenvalue weighted by molar-refractivity contribution is 6.32. The molecule has 0 radical (unpaired) electrons. The monoisotopic (exact) mass is 673 g/mol. The first-order valence-electron chi connectivity index (χ1n) is 18.1. The Hall–Kier alpha value is -7.24. The van der Waals surface area contributed by atoms with Gasteiger partial charge < -0.3 is 4.90 Å². The summed E-state index contributed by atoms with van der Waals surface area (Å²) in [6.07, 6.45) is 0. The Kier molecular flexibility index (Phi) is 5.06. The summed E-state index contributed by atoms with van der Waals surface area (Å²) in [5.74, 6) is 0. The standard InChI is InChI=1S/C48H27N5/c1-3-16-30(17-4-1)51(31-18-5-2-6-19-31)45-33-21-10-8-15-29(33)26-37-34-23-13-24-36-41-48(53(43(34)36)46(37)45)50-42-38-27-28-14-7-9-20-32(28)40-35-22-11-12-25-39(35)52(44(38)40)47(42)49-41/h1-27H. The summed E-state index contributed by atoms with van der Waals surface area (Å²) < 4.78 is 4.76. The van der Waals surface area contributed by atoms with Crippen molar-refractivity contribution in [1.29, 1.82) is 0 Å². The Labute approximate surface area is 301 Å². The molecule has 13 aromatic rings. The fraction of sp³-hybridized carbons (Fsp3) is 0. The van der Waals surface area contributed by atoms with E-state index in [0.29, 0.717) is 0 Å². The molecule has 53 heavy (non-hydrogen) atoms. The van der Waals surface area contributed by atoms with E-state index >= 15 is 0 Å². The summed E-state index contributed by atoms with van der Waals surface area (Å²) in [4.78, 5) is 13.7. The number of benzene rings is 8. The summed E-state index contributed by atoms with van der Waals surface area (Å²) in [6.45, 7) is 0. The zero-order valence-electron chi connectivity index (χ0n) is 28.3. The van der Waals surface area contributed by atoms with Crippen molar-refractivity contribution in [3.63, 3.8) is 0 Å². The molecule has 0 aliphatic rings. The van der Waals surface area contributed by atoms with Crippen molar-refractivity contribution in [3.05, 3.63) is 164 Å². The van der Waals surface area contributed by atoms with Crippen LogP contribution in [0.3, 0.4) is 0 Å². The molecule has 0 atom stereocenters. The van der Waals surface area contributed by atoms with E-state index in [9.17, 15) is 0 Å². The molecule has 0 saturated carbocycles. The normalized spacial score (nSPS) is 12.5. The molecular formula is C48H27N5. The van der Waals surface area contributed by atoms with Crippen LogP contribution in [-0.2, 0) is 0 Å². The van der Waals surface area contributed by atoms with Crippen molar-refractivity contribution in [1.82, 2.24) is 18.8 Å². The van der Waals surface area contributed by atoms with Gasteiger partial charge >= 0.3 is 0 Å². The number of rotatable bonds is 3. The van der Waals surface area contributed by atoms with Gasteiger partial charge in [-0.1, -0.05) is 121 Å². The molecule has 0 bridgehead atoms. The van der Waals surface area contributed by atoms with Crippen LogP contribution in [0.5, 0.6) is 0 Å². The van der Waals surface area contributed by atoms with Gasteiger partial charge in [-0.25, -0.2) is 9.97 Å². The SMILES string of the molecule is c1ccc(N(c2ccccc2)c2c3ccccc3cc3c4cccc5c6nc7c(nc6n(c23)c45)c2cc3ccccc3c3c4ccccc4n7c23)cc1. The van der Waals surface area contributed by atoms with Crippen LogP contribution in [0, 0.1) is 0 Å². The van der Waals surface area contributed by atoms with Crippen LogP contribution in [0.1, 0.15) is 0 Å². The molecule has 0 saturated heterocycles. The Morgan fingerprint density at radius 3 is 1.68 bits per heavy atom. The van der Waals surface area contributed by atoms with Gasteiger partial charge in [-0.2, -0.15) is 0 Å². The molecule has 5 nitrogen and oxygen atoms in total. The molecule has 0 amide bonds. The number of fused-ring (bicyclic) bond motifs is 15.